The van der Waals surface area contributed by atoms with Gasteiger partial charge in [0.25, 0.3) is 5.76 Å². The first kappa shape index (κ1) is 8.31. The lowest BCUT2D eigenvalue weighted by Gasteiger charge is -2.19. The molecule has 0 aromatic heterocycles. The van der Waals surface area contributed by atoms with Crippen LogP contribution in [0.3, 0.4) is 0 Å². The predicted octanol–water partition coefficient (Wildman–Crippen LogP) is 3.27. The van der Waals surface area contributed by atoms with Crippen LogP contribution in [0.15, 0.2) is 0 Å². The molecule has 1 aliphatic carbocycles. The van der Waals surface area contributed by atoms with Gasteiger partial charge in [-0.2, -0.15) is 8.78 Å². The average molecular weight is 166 g/mol. The Morgan fingerprint density at radius 3 is 2.20 bits per heavy atom. The molecule has 1 fully saturated rings. The van der Waals surface area contributed by atoms with Crippen LogP contribution < -0.4 is 0 Å². The maximum absolute atomic E-state index is 11.8. The summed E-state index contributed by atoms with van der Waals surface area (Å²) in [5.74, 6) is -2.16. The molecule has 0 saturated heterocycles. The molecule has 0 nitrogen and oxygen atoms in total. The van der Waals surface area contributed by atoms with Crippen LogP contribution in [0.1, 0.15) is 32.1 Å². The summed E-state index contributed by atoms with van der Waals surface area (Å²) < 4.78 is 23.6. The molecule has 0 N–H and O–H groups in total. The molecule has 0 bridgehead atoms. The number of thioether (sulfide) groups is 1. The number of alkyl halides is 2. The van der Waals surface area contributed by atoms with E-state index >= 15 is 0 Å². The van der Waals surface area contributed by atoms with Crippen LogP contribution in [-0.2, 0) is 0 Å². The Kier molecular flexibility index (Phi) is 3.46. The molecule has 1 saturated carbocycles. The van der Waals surface area contributed by atoms with E-state index in [9.17, 15) is 8.78 Å². The van der Waals surface area contributed by atoms with Crippen LogP contribution in [0.2, 0.25) is 0 Å². The van der Waals surface area contributed by atoms with Crippen molar-refractivity contribution in [3.63, 3.8) is 0 Å². The van der Waals surface area contributed by atoms with E-state index in [-0.39, 0.29) is 5.25 Å². The fourth-order valence-corrected chi connectivity index (χ4v) is 2.24. The third-order valence-electron chi connectivity index (χ3n) is 1.85. The first-order valence-corrected chi connectivity index (χ1v) is 4.67. The second-order valence-corrected chi connectivity index (χ2v) is 3.95. The standard InChI is InChI=1S/C7H12F2S/c8-7(9)10-6-4-2-1-3-5-6/h6-7H,1-5H2. The van der Waals surface area contributed by atoms with Crippen molar-refractivity contribution in [2.24, 2.45) is 0 Å². The van der Waals surface area contributed by atoms with Gasteiger partial charge < -0.3 is 0 Å². The minimum absolute atomic E-state index is 0.244. The summed E-state index contributed by atoms with van der Waals surface area (Å²) in [7, 11) is 0. The monoisotopic (exact) mass is 166 g/mol. The van der Waals surface area contributed by atoms with E-state index in [0.717, 1.165) is 37.4 Å². The van der Waals surface area contributed by atoms with Gasteiger partial charge in [-0.25, -0.2) is 0 Å². The highest BCUT2D eigenvalue weighted by atomic mass is 32.2. The van der Waals surface area contributed by atoms with Crippen LogP contribution in [0, 0.1) is 0 Å². The average Bonchev–Trinajstić information content (AvgIpc) is 1.88. The van der Waals surface area contributed by atoms with Gasteiger partial charge >= 0.3 is 0 Å². The summed E-state index contributed by atoms with van der Waals surface area (Å²) in [6.07, 6.45) is 5.51. The van der Waals surface area contributed by atoms with Crippen molar-refractivity contribution in [2.45, 2.75) is 43.1 Å². The van der Waals surface area contributed by atoms with Crippen molar-refractivity contribution < 1.29 is 8.78 Å². The molecule has 0 amide bonds. The fraction of sp³-hybridized carbons (Fsp3) is 1.00. The topological polar surface area (TPSA) is 0 Å². The zero-order chi connectivity index (χ0) is 7.40. The van der Waals surface area contributed by atoms with Crippen molar-refractivity contribution in [2.75, 3.05) is 0 Å². The molecule has 60 valence electrons. The third kappa shape index (κ3) is 2.86. The smallest absolute Gasteiger partial charge is 0.198 e. The molecule has 0 spiro atoms. The lowest BCUT2D eigenvalue weighted by Crippen LogP contribution is -2.09. The Balaban J connectivity index is 2.13. The second-order valence-electron chi connectivity index (χ2n) is 2.66. The minimum atomic E-state index is -2.16. The molecule has 1 rings (SSSR count). The molecular formula is C7H12F2S. The SMILES string of the molecule is FC(F)SC1CCCCC1. The number of rotatable bonds is 2. The van der Waals surface area contributed by atoms with Gasteiger partial charge in [0, 0.05) is 5.25 Å². The van der Waals surface area contributed by atoms with Gasteiger partial charge in [-0.05, 0) is 12.8 Å². The molecule has 0 heterocycles. The Morgan fingerprint density at radius 2 is 1.70 bits per heavy atom. The molecule has 0 aliphatic heterocycles. The summed E-state index contributed by atoms with van der Waals surface area (Å²) in [6, 6.07) is 0. The third-order valence-corrected chi connectivity index (χ3v) is 2.91. The maximum Gasteiger partial charge on any atom is 0.284 e. The minimum Gasteiger partial charge on any atom is -0.198 e. The number of halogens is 2. The van der Waals surface area contributed by atoms with Gasteiger partial charge in [-0.3, -0.25) is 0 Å². The van der Waals surface area contributed by atoms with E-state index in [1.54, 1.807) is 0 Å². The Bertz CT molecular complexity index is 89.6. The quantitative estimate of drug-likeness (QED) is 0.606. The van der Waals surface area contributed by atoms with Gasteiger partial charge in [0.1, 0.15) is 0 Å². The highest BCUT2D eigenvalue weighted by molar-refractivity contribution is 8.00. The van der Waals surface area contributed by atoms with Crippen molar-refractivity contribution in [3.8, 4) is 0 Å². The Morgan fingerprint density at radius 1 is 1.10 bits per heavy atom. The summed E-state index contributed by atoms with van der Waals surface area (Å²) in [6.45, 7) is 0. The highest BCUT2D eigenvalue weighted by Gasteiger charge is 2.17. The molecule has 1 aliphatic rings. The number of hydrogen-bond donors (Lipinski definition) is 0. The van der Waals surface area contributed by atoms with Crippen LogP contribution in [-0.4, -0.2) is 11.0 Å². The first-order chi connectivity index (χ1) is 4.79. The molecule has 0 unspecified atom stereocenters. The van der Waals surface area contributed by atoms with Crippen molar-refractivity contribution >= 4 is 11.8 Å². The summed E-state index contributed by atoms with van der Waals surface area (Å²) in [5, 5.41) is 0.244. The van der Waals surface area contributed by atoms with E-state index in [0.29, 0.717) is 0 Å². The van der Waals surface area contributed by atoms with Crippen LogP contribution in [0.5, 0.6) is 0 Å². The van der Waals surface area contributed by atoms with E-state index < -0.39 is 5.76 Å². The fourth-order valence-electron chi connectivity index (χ4n) is 1.35. The zero-order valence-corrected chi connectivity index (χ0v) is 6.67. The van der Waals surface area contributed by atoms with Gasteiger partial charge in [0.2, 0.25) is 0 Å². The number of hydrogen-bond acceptors (Lipinski definition) is 1. The molecule has 10 heavy (non-hydrogen) atoms. The summed E-state index contributed by atoms with van der Waals surface area (Å²) >= 11 is 0.842. The van der Waals surface area contributed by atoms with E-state index in [4.69, 9.17) is 0 Å². The first-order valence-electron chi connectivity index (χ1n) is 3.72. The second kappa shape index (κ2) is 4.16. The molecule has 0 radical (unpaired) electrons. The predicted molar refractivity (Wildman–Crippen MR) is 40.5 cm³/mol. The maximum atomic E-state index is 11.8. The van der Waals surface area contributed by atoms with Gasteiger partial charge in [-0.1, -0.05) is 31.0 Å². The summed E-state index contributed by atoms with van der Waals surface area (Å²) in [5.41, 5.74) is 0. The van der Waals surface area contributed by atoms with E-state index in [2.05, 4.69) is 0 Å². The molecular weight excluding hydrogens is 154 g/mol. The summed E-state index contributed by atoms with van der Waals surface area (Å²) in [4.78, 5) is 0. The van der Waals surface area contributed by atoms with Crippen LogP contribution in [0.4, 0.5) is 8.78 Å². The Hall–Kier alpha value is 0.210. The van der Waals surface area contributed by atoms with Crippen molar-refractivity contribution in [1.82, 2.24) is 0 Å². The van der Waals surface area contributed by atoms with Crippen molar-refractivity contribution in [3.05, 3.63) is 0 Å². The van der Waals surface area contributed by atoms with Crippen LogP contribution >= 0.6 is 11.8 Å². The molecule has 0 atom stereocenters. The van der Waals surface area contributed by atoms with Gasteiger partial charge in [0.05, 0.1) is 0 Å². The molecule has 0 aromatic carbocycles. The molecule has 3 heteroatoms. The van der Waals surface area contributed by atoms with E-state index in [1.165, 1.54) is 6.42 Å². The normalized spacial score (nSPS) is 21.9. The van der Waals surface area contributed by atoms with Crippen LogP contribution in [0.25, 0.3) is 0 Å². The Labute approximate surface area is 64.4 Å². The van der Waals surface area contributed by atoms with Gasteiger partial charge in [-0.15, -0.1) is 0 Å². The van der Waals surface area contributed by atoms with Crippen molar-refractivity contribution in [1.29, 1.82) is 0 Å². The molecule has 0 aromatic rings. The van der Waals surface area contributed by atoms with Gasteiger partial charge in [0.15, 0.2) is 0 Å². The lowest BCUT2D eigenvalue weighted by molar-refractivity contribution is 0.250. The van der Waals surface area contributed by atoms with E-state index in [1.807, 2.05) is 0 Å². The largest absolute Gasteiger partial charge is 0.284 e. The highest BCUT2D eigenvalue weighted by Crippen LogP contribution is 2.31. The zero-order valence-electron chi connectivity index (χ0n) is 5.85. The lowest BCUT2D eigenvalue weighted by atomic mass is 10.0.